The van der Waals surface area contributed by atoms with Crippen molar-refractivity contribution in [1.82, 2.24) is 5.32 Å². The van der Waals surface area contributed by atoms with E-state index in [9.17, 15) is 9.59 Å². The van der Waals surface area contributed by atoms with E-state index < -0.39 is 6.03 Å². The Hall–Kier alpha value is -5.18. The smallest absolute Gasteiger partial charge is 0.323 e. The summed E-state index contributed by atoms with van der Waals surface area (Å²) in [6, 6.07) is 29.8. The predicted molar refractivity (Wildman–Crippen MR) is 172 cm³/mol. The zero-order chi connectivity index (χ0) is 30.2. The molecule has 1 aliphatic heterocycles. The number of rotatable bonds is 9. The number of hydrogen-bond donors (Lipinski definition) is 3. The van der Waals surface area contributed by atoms with E-state index in [1.165, 1.54) is 0 Å². The second kappa shape index (κ2) is 13.7. The Morgan fingerprint density at radius 2 is 1.30 bits per heavy atom. The molecule has 0 aromatic heterocycles. The normalized spacial score (nSPS) is 13.6. The quantitative estimate of drug-likeness (QED) is 0.220. The molecule has 43 heavy (non-hydrogen) atoms. The maximum Gasteiger partial charge on any atom is 0.323 e. The predicted octanol–water partition coefficient (Wildman–Crippen LogP) is 6.17. The molecule has 1 aliphatic rings. The molecule has 4 aromatic carbocycles. The number of para-hydroxylation sites is 2. The third kappa shape index (κ3) is 7.19. The van der Waals surface area contributed by atoms with Crippen molar-refractivity contribution in [2.75, 3.05) is 60.8 Å². The van der Waals surface area contributed by atoms with Gasteiger partial charge in [-0.2, -0.15) is 0 Å². The molecule has 3 amide bonds. The van der Waals surface area contributed by atoms with Gasteiger partial charge in [0, 0.05) is 43.2 Å². The van der Waals surface area contributed by atoms with E-state index >= 15 is 0 Å². The number of amides is 3. The fraction of sp³-hybridized carbons (Fsp3) is 0.235. The Labute approximate surface area is 252 Å². The SMILES string of the molecule is COc1ccc(NC(=O)Nc2ccc(N3CCN(c4ccccc4OC)CC3)c(C(=O)N[C@@H](C)c3ccccc3)c2)cc1. The largest absolute Gasteiger partial charge is 0.497 e. The van der Waals surface area contributed by atoms with Crippen LogP contribution in [0.2, 0.25) is 0 Å². The van der Waals surface area contributed by atoms with Gasteiger partial charge in [0.15, 0.2) is 0 Å². The van der Waals surface area contributed by atoms with E-state index in [2.05, 4.69) is 31.8 Å². The molecule has 1 saturated heterocycles. The fourth-order valence-corrected chi connectivity index (χ4v) is 5.22. The van der Waals surface area contributed by atoms with E-state index in [4.69, 9.17) is 9.47 Å². The van der Waals surface area contributed by atoms with Crippen LogP contribution in [0, 0.1) is 0 Å². The van der Waals surface area contributed by atoms with Crippen LogP contribution in [0.1, 0.15) is 28.9 Å². The zero-order valence-corrected chi connectivity index (χ0v) is 24.7. The van der Waals surface area contributed by atoms with Crippen LogP contribution in [-0.4, -0.2) is 52.3 Å². The van der Waals surface area contributed by atoms with Crippen molar-refractivity contribution in [2.24, 2.45) is 0 Å². The van der Waals surface area contributed by atoms with Crippen molar-refractivity contribution < 1.29 is 19.1 Å². The average Bonchev–Trinajstić information content (AvgIpc) is 3.05. The molecule has 1 heterocycles. The lowest BCUT2D eigenvalue weighted by Crippen LogP contribution is -2.47. The molecular formula is C34H37N5O4. The topological polar surface area (TPSA) is 95.2 Å². The first kappa shape index (κ1) is 29.3. The molecule has 222 valence electrons. The molecule has 0 radical (unpaired) electrons. The van der Waals surface area contributed by atoms with Gasteiger partial charge in [-0.15, -0.1) is 0 Å². The van der Waals surface area contributed by atoms with E-state index in [0.29, 0.717) is 22.7 Å². The number of piperazine rings is 1. The first-order valence-corrected chi connectivity index (χ1v) is 14.3. The van der Waals surface area contributed by atoms with Crippen LogP contribution in [0.3, 0.4) is 0 Å². The number of carbonyl (C=O) groups excluding carboxylic acids is 2. The minimum atomic E-state index is -0.410. The van der Waals surface area contributed by atoms with E-state index in [1.807, 2.05) is 67.6 Å². The van der Waals surface area contributed by atoms with Crippen molar-refractivity contribution in [3.8, 4) is 11.5 Å². The van der Waals surface area contributed by atoms with Crippen LogP contribution in [0.5, 0.6) is 11.5 Å². The summed E-state index contributed by atoms with van der Waals surface area (Å²) in [4.78, 5) is 31.1. The maximum atomic E-state index is 13.7. The number of methoxy groups -OCH3 is 2. The van der Waals surface area contributed by atoms with Crippen LogP contribution in [0.4, 0.5) is 27.5 Å². The van der Waals surface area contributed by atoms with Gasteiger partial charge < -0.3 is 35.2 Å². The molecule has 4 aromatic rings. The highest BCUT2D eigenvalue weighted by Gasteiger charge is 2.24. The lowest BCUT2D eigenvalue weighted by Gasteiger charge is -2.38. The van der Waals surface area contributed by atoms with Gasteiger partial charge in [-0.05, 0) is 67.1 Å². The van der Waals surface area contributed by atoms with Gasteiger partial charge in [0.05, 0.1) is 31.5 Å². The molecule has 0 saturated carbocycles. The zero-order valence-electron chi connectivity index (χ0n) is 24.7. The molecule has 0 unspecified atom stereocenters. The summed E-state index contributed by atoms with van der Waals surface area (Å²) in [6.45, 7) is 4.94. The van der Waals surface area contributed by atoms with Crippen LogP contribution >= 0.6 is 0 Å². The lowest BCUT2D eigenvalue weighted by atomic mass is 10.1. The summed E-state index contributed by atoms with van der Waals surface area (Å²) in [6.07, 6.45) is 0. The Morgan fingerprint density at radius 3 is 1.98 bits per heavy atom. The Balaban J connectivity index is 1.35. The van der Waals surface area contributed by atoms with Crippen LogP contribution < -0.4 is 35.2 Å². The summed E-state index contributed by atoms with van der Waals surface area (Å²) >= 11 is 0. The molecule has 0 aliphatic carbocycles. The number of anilines is 4. The summed E-state index contributed by atoms with van der Waals surface area (Å²) < 4.78 is 10.8. The molecule has 3 N–H and O–H groups in total. The number of nitrogens with zero attached hydrogens (tertiary/aromatic N) is 2. The molecular weight excluding hydrogens is 542 g/mol. The minimum Gasteiger partial charge on any atom is -0.497 e. The first-order valence-electron chi connectivity index (χ1n) is 14.3. The molecule has 1 atom stereocenters. The summed E-state index contributed by atoms with van der Waals surface area (Å²) in [5.41, 5.74) is 4.52. The summed E-state index contributed by atoms with van der Waals surface area (Å²) in [7, 11) is 3.27. The number of carbonyl (C=O) groups is 2. The van der Waals surface area contributed by atoms with Gasteiger partial charge in [-0.25, -0.2) is 4.79 Å². The number of urea groups is 1. The van der Waals surface area contributed by atoms with Crippen molar-refractivity contribution in [3.63, 3.8) is 0 Å². The monoisotopic (exact) mass is 579 g/mol. The van der Waals surface area contributed by atoms with Crippen molar-refractivity contribution in [2.45, 2.75) is 13.0 Å². The van der Waals surface area contributed by atoms with Gasteiger partial charge in [-0.1, -0.05) is 42.5 Å². The van der Waals surface area contributed by atoms with Crippen LogP contribution in [0.25, 0.3) is 0 Å². The van der Waals surface area contributed by atoms with Crippen LogP contribution in [-0.2, 0) is 0 Å². The Bertz CT molecular complexity index is 1540. The molecule has 9 heteroatoms. The van der Waals surface area contributed by atoms with Gasteiger partial charge in [-0.3, -0.25) is 4.79 Å². The van der Waals surface area contributed by atoms with Crippen molar-refractivity contribution in [1.29, 1.82) is 0 Å². The average molecular weight is 580 g/mol. The third-order valence-corrected chi connectivity index (χ3v) is 7.54. The first-order chi connectivity index (χ1) is 20.9. The summed E-state index contributed by atoms with van der Waals surface area (Å²) in [5.74, 6) is 1.33. The molecule has 0 spiro atoms. The fourth-order valence-electron chi connectivity index (χ4n) is 5.22. The van der Waals surface area contributed by atoms with Gasteiger partial charge in [0.2, 0.25) is 0 Å². The number of nitrogens with one attached hydrogen (secondary N) is 3. The van der Waals surface area contributed by atoms with Crippen molar-refractivity contribution in [3.05, 3.63) is 108 Å². The highest BCUT2D eigenvalue weighted by molar-refractivity contribution is 6.04. The molecule has 1 fully saturated rings. The Morgan fingerprint density at radius 1 is 0.698 bits per heavy atom. The van der Waals surface area contributed by atoms with Crippen molar-refractivity contribution >= 4 is 34.7 Å². The Kier molecular flexibility index (Phi) is 9.31. The minimum absolute atomic E-state index is 0.195. The second-order valence-electron chi connectivity index (χ2n) is 10.3. The highest BCUT2D eigenvalue weighted by atomic mass is 16.5. The van der Waals surface area contributed by atoms with Crippen LogP contribution in [0.15, 0.2) is 97.1 Å². The molecule has 0 bridgehead atoms. The number of hydrogen-bond acceptors (Lipinski definition) is 6. The molecule has 5 rings (SSSR count). The number of benzene rings is 4. The van der Waals surface area contributed by atoms with Gasteiger partial charge in [0.1, 0.15) is 11.5 Å². The number of ether oxygens (including phenoxy) is 2. The molecule has 9 nitrogen and oxygen atoms in total. The second-order valence-corrected chi connectivity index (χ2v) is 10.3. The highest BCUT2D eigenvalue weighted by Crippen LogP contribution is 2.31. The standard InChI is InChI=1S/C34H37N5O4/c1-24(25-9-5-4-6-10-25)35-33(40)29-23-27(37-34(41)36-26-13-16-28(42-2)17-14-26)15-18-30(29)38-19-21-39(22-20-38)31-11-7-8-12-32(31)43-3/h4-18,23-24H,19-22H2,1-3H3,(H,35,40)(H2,36,37,41)/t24-/m0/s1. The van der Waals surface area contributed by atoms with Gasteiger partial charge >= 0.3 is 6.03 Å². The van der Waals surface area contributed by atoms with E-state index in [0.717, 1.165) is 48.9 Å². The van der Waals surface area contributed by atoms with E-state index in [-0.39, 0.29) is 11.9 Å². The van der Waals surface area contributed by atoms with E-state index in [1.54, 1.807) is 44.6 Å². The maximum absolute atomic E-state index is 13.7. The third-order valence-electron chi connectivity index (χ3n) is 7.54. The van der Waals surface area contributed by atoms with Gasteiger partial charge in [0.25, 0.3) is 5.91 Å². The lowest BCUT2D eigenvalue weighted by molar-refractivity contribution is 0.0940. The summed E-state index contributed by atoms with van der Waals surface area (Å²) in [5, 5.41) is 8.83.